The molecule has 0 unspecified atom stereocenters. The molecule has 2 rings (SSSR count). The molecule has 1 saturated heterocycles. The Balaban J connectivity index is 2.04. The van der Waals surface area contributed by atoms with E-state index in [1.54, 1.807) is 20.8 Å². The lowest BCUT2D eigenvalue weighted by Crippen LogP contribution is -2.36. The van der Waals surface area contributed by atoms with E-state index >= 15 is 0 Å². The van der Waals surface area contributed by atoms with Gasteiger partial charge in [-0.25, -0.2) is 9.18 Å². The van der Waals surface area contributed by atoms with Crippen LogP contribution in [0.4, 0.5) is 14.9 Å². The number of carbonyl (C=O) groups is 1. The second-order valence-corrected chi connectivity index (χ2v) is 6.30. The van der Waals surface area contributed by atoms with Gasteiger partial charge in [-0.1, -0.05) is 6.07 Å². The highest BCUT2D eigenvalue weighted by Crippen LogP contribution is 2.32. The molecular weight excluding hydrogens is 307 g/mol. The smallest absolute Gasteiger partial charge is 0.410 e. The molecule has 23 heavy (non-hydrogen) atoms. The molecule has 1 aromatic carbocycles. The summed E-state index contributed by atoms with van der Waals surface area (Å²) >= 11 is 0. The van der Waals surface area contributed by atoms with E-state index in [0.717, 1.165) is 6.07 Å². The minimum atomic E-state index is -0.796. The molecule has 0 saturated carbocycles. The fourth-order valence-electron chi connectivity index (χ4n) is 2.24. The number of likely N-dealkylation sites (tertiary alicyclic amines) is 1. The normalized spacial score (nSPS) is 17.9. The zero-order valence-corrected chi connectivity index (χ0v) is 13.2. The number of hydrogen-bond acceptors (Lipinski definition) is 5. The van der Waals surface area contributed by atoms with Gasteiger partial charge in [0.05, 0.1) is 11.5 Å². The molecule has 0 N–H and O–H groups in total. The first-order chi connectivity index (χ1) is 10.7. The highest BCUT2D eigenvalue weighted by Gasteiger charge is 2.33. The molecule has 1 amide bonds. The van der Waals surface area contributed by atoms with Gasteiger partial charge in [0.1, 0.15) is 11.7 Å². The second-order valence-electron chi connectivity index (χ2n) is 6.30. The molecule has 1 aliphatic heterocycles. The Bertz CT molecular complexity index is 614. The first-order valence-electron chi connectivity index (χ1n) is 7.25. The number of carbonyl (C=O) groups excluding carboxylic acids is 1. The molecule has 0 radical (unpaired) electrons. The lowest BCUT2D eigenvalue weighted by atomic mass is 10.2. The summed E-state index contributed by atoms with van der Waals surface area (Å²) in [4.78, 5) is 23.7. The second kappa shape index (κ2) is 6.39. The standard InChI is InChI=1S/C15H19FN2O5/c1-15(2,3)23-14(19)17-8-7-10(9-17)22-13-11(16)5-4-6-12(13)18(20)21/h4-6,10H,7-9H2,1-3H3/t10-/m1/s1. The molecule has 1 atom stereocenters. The van der Waals surface area contributed by atoms with Gasteiger partial charge >= 0.3 is 11.8 Å². The number of para-hydroxylation sites is 1. The maximum Gasteiger partial charge on any atom is 0.410 e. The van der Waals surface area contributed by atoms with Crippen molar-refractivity contribution in [2.75, 3.05) is 13.1 Å². The topological polar surface area (TPSA) is 81.9 Å². The van der Waals surface area contributed by atoms with Crippen molar-refractivity contribution in [3.63, 3.8) is 0 Å². The van der Waals surface area contributed by atoms with Gasteiger partial charge in [0.25, 0.3) is 0 Å². The van der Waals surface area contributed by atoms with E-state index in [4.69, 9.17) is 9.47 Å². The van der Waals surface area contributed by atoms with Crippen LogP contribution in [0.25, 0.3) is 0 Å². The molecule has 0 aromatic heterocycles. The number of benzene rings is 1. The van der Waals surface area contributed by atoms with Crippen LogP contribution in [0, 0.1) is 15.9 Å². The third kappa shape index (κ3) is 4.30. The van der Waals surface area contributed by atoms with E-state index in [1.165, 1.54) is 17.0 Å². The number of nitro benzene ring substituents is 1. The van der Waals surface area contributed by atoms with Gasteiger partial charge in [0.15, 0.2) is 5.82 Å². The highest BCUT2D eigenvalue weighted by atomic mass is 19.1. The SMILES string of the molecule is CC(C)(C)OC(=O)N1CC[C@@H](Oc2c(F)cccc2[N+](=O)[O-])C1. The number of ether oxygens (including phenoxy) is 2. The Hall–Kier alpha value is -2.38. The lowest BCUT2D eigenvalue weighted by Gasteiger charge is -2.24. The van der Waals surface area contributed by atoms with Crippen molar-refractivity contribution < 1.29 is 23.6 Å². The maximum atomic E-state index is 13.8. The van der Waals surface area contributed by atoms with Crippen LogP contribution in [0.15, 0.2) is 18.2 Å². The molecule has 0 bridgehead atoms. The molecule has 1 fully saturated rings. The average Bonchev–Trinajstić information content (AvgIpc) is 2.87. The quantitative estimate of drug-likeness (QED) is 0.629. The van der Waals surface area contributed by atoms with E-state index in [9.17, 15) is 19.3 Å². The Morgan fingerprint density at radius 3 is 2.74 bits per heavy atom. The third-order valence-electron chi connectivity index (χ3n) is 3.22. The summed E-state index contributed by atoms with van der Waals surface area (Å²) in [5.74, 6) is -1.19. The molecular formula is C15H19FN2O5. The van der Waals surface area contributed by atoms with E-state index in [-0.39, 0.29) is 6.54 Å². The zero-order chi connectivity index (χ0) is 17.2. The van der Waals surface area contributed by atoms with Gasteiger partial charge in [-0.05, 0) is 26.8 Å². The predicted molar refractivity (Wildman–Crippen MR) is 79.9 cm³/mol. The van der Waals surface area contributed by atoms with Gasteiger partial charge in [-0.3, -0.25) is 10.1 Å². The number of rotatable bonds is 3. The molecule has 1 aromatic rings. The van der Waals surface area contributed by atoms with E-state index in [0.29, 0.717) is 13.0 Å². The molecule has 1 heterocycles. The van der Waals surface area contributed by atoms with Gasteiger partial charge in [0, 0.05) is 19.0 Å². The van der Waals surface area contributed by atoms with Gasteiger partial charge in [0.2, 0.25) is 5.75 Å². The third-order valence-corrected chi connectivity index (χ3v) is 3.22. The van der Waals surface area contributed by atoms with Crippen molar-refractivity contribution in [2.45, 2.75) is 38.9 Å². The largest absolute Gasteiger partial charge is 0.480 e. The minimum absolute atomic E-state index is 0.195. The summed E-state index contributed by atoms with van der Waals surface area (Å²) in [5, 5.41) is 11.0. The predicted octanol–water partition coefficient (Wildman–Crippen LogP) is 3.12. The molecule has 1 aliphatic rings. The van der Waals surface area contributed by atoms with E-state index < -0.39 is 40.0 Å². The summed E-state index contributed by atoms with van der Waals surface area (Å²) in [6.45, 7) is 5.87. The fraction of sp³-hybridized carbons (Fsp3) is 0.533. The molecule has 8 heteroatoms. The first-order valence-corrected chi connectivity index (χ1v) is 7.25. The van der Waals surface area contributed by atoms with Gasteiger partial charge < -0.3 is 14.4 Å². The maximum absolute atomic E-state index is 13.8. The Labute approximate surface area is 133 Å². The van der Waals surface area contributed by atoms with Crippen molar-refractivity contribution in [2.24, 2.45) is 0 Å². The van der Waals surface area contributed by atoms with Crippen LogP contribution in [0.2, 0.25) is 0 Å². The summed E-state index contributed by atoms with van der Waals surface area (Å²) in [6, 6.07) is 3.53. The van der Waals surface area contributed by atoms with E-state index in [1.807, 2.05) is 0 Å². The van der Waals surface area contributed by atoms with Crippen LogP contribution < -0.4 is 4.74 Å². The van der Waals surface area contributed by atoms with Crippen LogP contribution in [0.3, 0.4) is 0 Å². The minimum Gasteiger partial charge on any atom is -0.480 e. The summed E-state index contributed by atoms with van der Waals surface area (Å²) in [5.41, 5.74) is -1.04. The Morgan fingerprint density at radius 1 is 1.43 bits per heavy atom. The fourth-order valence-corrected chi connectivity index (χ4v) is 2.24. The average molecular weight is 326 g/mol. The van der Waals surface area contributed by atoms with Crippen molar-refractivity contribution in [1.82, 2.24) is 4.90 Å². The van der Waals surface area contributed by atoms with Crippen LogP contribution in [-0.2, 0) is 4.74 Å². The summed E-state index contributed by atoms with van der Waals surface area (Å²) < 4.78 is 24.5. The number of amides is 1. The first kappa shape index (κ1) is 17.0. The Kier molecular flexibility index (Phi) is 4.72. The Morgan fingerprint density at radius 2 is 2.13 bits per heavy atom. The van der Waals surface area contributed by atoms with Crippen molar-refractivity contribution in [3.8, 4) is 5.75 Å². The van der Waals surface area contributed by atoms with Crippen molar-refractivity contribution in [1.29, 1.82) is 0 Å². The van der Waals surface area contributed by atoms with Crippen LogP contribution >= 0.6 is 0 Å². The van der Waals surface area contributed by atoms with Crippen LogP contribution in [0.1, 0.15) is 27.2 Å². The van der Waals surface area contributed by atoms with Crippen molar-refractivity contribution >= 4 is 11.8 Å². The molecule has 126 valence electrons. The molecule has 0 spiro atoms. The molecule has 7 nitrogen and oxygen atoms in total. The van der Waals surface area contributed by atoms with Crippen LogP contribution in [0.5, 0.6) is 5.75 Å². The highest BCUT2D eigenvalue weighted by molar-refractivity contribution is 5.68. The lowest BCUT2D eigenvalue weighted by molar-refractivity contribution is -0.386. The number of nitrogens with zero attached hydrogens (tertiary/aromatic N) is 2. The van der Waals surface area contributed by atoms with Crippen LogP contribution in [-0.4, -0.2) is 40.7 Å². The summed E-state index contributed by atoms with van der Waals surface area (Å²) in [6.07, 6.45) is -0.546. The number of hydrogen-bond donors (Lipinski definition) is 0. The van der Waals surface area contributed by atoms with E-state index in [2.05, 4.69) is 0 Å². The number of nitro groups is 1. The zero-order valence-electron chi connectivity index (χ0n) is 13.2. The van der Waals surface area contributed by atoms with Gasteiger partial charge in [-0.2, -0.15) is 0 Å². The monoisotopic (exact) mass is 326 g/mol. The van der Waals surface area contributed by atoms with Crippen molar-refractivity contribution in [3.05, 3.63) is 34.1 Å². The molecule has 0 aliphatic carbocycles. The number of halogens is 1. The van der Waals surface area contributed by atoms with Gasteiger partial charge in [-0.15, -0.1) is 0 Å². The summed E-state index contributed by atoms with van der Waals surface area (Å²) in [7, 11) is 0.